The van der Waals surface area contributed by atoms with Crippen molar-refractivity contribution in [1.82, 2.24) is 61.3 Å². The van der Waals surface area contributed by atoms with Gasteiger partial charge in [-0.1, -0.05) is 249 Å². The van der Waals surface area contributed by atoms with Gasteiger partial charge in [0.25, 0.3) is 0 Å². The van der Waals surface area contributed by atoms with Crippen LogP contribution in [0.1, 0.15) is 325 Å². The van der Waals surface area contributed by atoms with E-state index in [1.807, 2.05) is 78.0 Å². The first-order valence-corrected chi connectivity index (χ1v) is 48.4. The van der Waals surface area contributed by atoms with Gasteiger partial charge in [-0.3, -0.25) is 57.5 Å². The molecule has 752 valence electrons. The fourth-order valence-corrected chi connectivity index (χ4v) is 16.2. The van der Waals surface area contributed by atoms with Crippen molar-refractivity contribution >= 4 is 70.9 Å². The zero-order valence-corrected chi connectivity index (χ0v) is 84.9. The van der Waals surface area contributed by atoms with Crippen molar-refractivity contribution in [2.24, 2.45) is 0 Å². The number of ether oxygens (including phenoxy) is 6. The highest BCUT2D eigenvalue weighted by Crippen LogP contribution is 2.37. The summed E-state index contributed by atoms with van der Waals surface area (Å²) < 4.78 is 32.3. The van der Waals surface area contributed by atoms with Gasteiger partial charge in [-0.15, -0.1) is 0 Å². The van der Waals surface area contributed by atoms with Gasteiger partial charge in [0, 0.05) is 109 Å². The average Bonchev–Trinajstić information content (AvgIpc) is 1.69. The van der Waals surface area contributed by atoms with Crippen LogP contribution < -0.4 is 31.9 Å². The Kier molecular flexibility index (Phi) is 60.6. The highest BCUT2D eigenvalue weighted by atomic mass is 16.5. The second kappa shape index (κ2) is 65.8. The lowest BCUT2D eigenvalue weighted by molar-refractivity contribution is -0.136. The standard InChI is InChI=1S/6C17H28N2O3.CH4/c6*1-6-9-13(18-16(20)8-3)17(21)19-12(4)11-15(22-5)14(19)10-7-2;/h6*11,13-14H,4,6-10H2,1-3,5H3,(H,18,20);1H4/t2*13-,14+;3*13-,14-;;/m10110../s1. The second-order valence-electron chi connectivity index (χ2n) is 33.1. The number of amides is 12. The first kappa shape index (κ1) is 122. The number of rotatable bonds is 48. The fraction of sp³-hybridized carbons (Fsp3) is 0.650. The lowest BCUT2D eigenvalue weighted by Gasteiger charge is -2.30. The summed E-state index contributed by atoms with van der Waals surface area (Å²) in [5.41, 5.74) is 3.79. The van der Waals surface area contributed by atoms with Crippen LogP contribution in [0.5, 0.6) is 0 Å². The van der Waals surface area contributed by atoms with Crippen molar-refractivity contribution < 1.29 is 86.0 Å². The molecular weight excluding hydrogens is 1690 g/mol. The molecule has 6 rings (SSSR count). The minimum atomic E-state index is -0.502. The molecule has 0 radical (unpaired) electrons. The highest BCUT2D eigenvalue weighted by Gasteiger charge is 2.44. The Morgan fingerprint density at radius 1 is 0.233 bits per heavy atom. The maximum absolute atomic E-state index is 12.9. The van der Waals surface area contributed by atoms with Crippen LogP contribution in [-0.2, 0) is 86.0 Å². The number of nitrogens with one attached hydrogen (secondary N) is 6. The molecule has 0 spiro atoms. The molecule has 12 amide bonds. The van der Waals surface area contributed by atoms with E-state index in [2.05, 4.69) is 113 Å². The van der Waals surface area contributed by atoms with Gasteiger partial charge in [-0.2, -0.15) is 0 Å². The first-order valence-electron chi connectivity index (χ1n) is 48.4. The van der Waals surface area contributed by atoms with E-state index in [1.165, 1.54) is 0 Å². The molecule has 6 heterocycles. The Hall–Kier alpha value is -10.7. The van der Waals surface area contributed by atoms with E-state index in [0.717, 1.165) is 150 Å². The molecule has 30 nitrogen and oxygen atoms in total. The smallest absolute Gasteiger partial charge is 0.250 e. The van der Waals surface area contributed by atoms with E-state index in [4.69, 9.17) is 28.4 Å². The van der Waals surface area contributed by atoms with E-state index in [0.29, 0.717) is 111 Å². The zero-order valence-electron chi connectivity index (χ0n) is 84.9. The summed E-state index contributed by atoms with van der Waals surface area (Å²) in [6.45, 7) is 58.9. The minimum absolute atomic E-state index is 0. The molecule has 0 saturated heterocycles. The summed E-state index contributed by atoms with van der Waals surface area (Å²) in [6, 6.07) is -3.72. The van der Waals surface area contributed by atoms with Crippen LogP contribution >= 0.6 is 0 Å². The van der Waals surface area contributed by atoms with Crippen molar-refractivity contribution in [2.45, 2.75) is 397 Å². The molecule has 133 heavy (non-hydrogen) atoms. The van der Waals surface area contributed by atoms with E-state index < -0.39 is 36.3 Å². The van der Waals surface area contributed by atoms with Gasteiger partial charge in [0.1, 0.15) is 70.8 Å². The lowest BCUT2D eigenvalue weighted by Crippen LogP contribution is -2.50. The van der Waals surface area contributed by atoms with Crippen LogP contribution in [-0.4, -0.2) is 215 Å². The largest absolute Gasteiger partial charge is 0.499 e. The van der Waals surface area contributed by atoms with E-state index in [1.54, 1.807) is 114 Å². The van der Waals surface area contributed by atoms with Gasteiger partial charge < -0.3 is 89.7 Å². The highest BCUT2D eigenvalue weighted by molar-refractivity contribution is 5.94. The Bertz CT molecular complexity index is 3390. The lowest BCUT2D eigenvalue weighted by atomic mass is 10.1. The third kappa shape index (κ3) is 36.6. The molecule has 2 unspecified atom stereocenters. The molecule has 6 N–H and O–H groups in total. The Morgan fingerprint density at radius 2 is 0.346 bits per heavy atom. The number of allylic oxidation sites excluding steroid dienone is 6. The molecule has 6 aliphatic rings. The predicted octanol–water partition coefficient (Wildman–Crippen LogP) is 17.1. The quantitative estimate of drug-likeness (QED) is 0.0329. The maximum atomic E-state index is 12.9. The van der Waals surface area contributed by atoms with E-state index in [9.17, 15) is 57.5 Å². The zero-order chi connectivity index (χ0) is 100. The molecule has 0 aromatic heterocycles. The van der Waals surface area contributed by atoms with Gasteiger partial charge in [0.2, 0.25) is 70.9 Å². The third-order valence-corrected chi connectivity index (χ3v) is 23.0. The fourth-order valence-electron chi connectivity index (χ4n) is 16.2. The van der Waals surface area contributed by atoms with Crippen LogP contribution in [0.25, 0.3) is 0 Å². The number of hydrogen-bond acceptors (Lipinski definition) is 18. The number of nitrogens with zero attached hydrogens (tertiary/aromatic N) is 6. The number of methoxy groups -OCH3 is 6. The molecule has 12 atom stereocenters. The first-order chi connectivity index (χ1) is 63.0. The predicted molar refractivity (Wildman–Crippen MR) is 528 cm³/mol. The van der Waals surface area contributed by atoms with Gasteiger partial charge >= 0.3 is 0 Å². The molecule has 0 bridgehead atoms. The number of carbonyl (C=O) groups excluding carboxylic acids is 12. The van der Waals surface area contributed by atoms with Crippen molar-refractivity contribution in [3.05, 3.63) is 145 Å². The summed E-state index contributed by atoms with van der Waals surface area (Å²) in [7, 11) is 9.66. The summed E-state index contributed by atoms with van der Waals surface area (Å²) >= 11 is 0. The van der Waals surface area contributed by atoms with Crippen molar-refractivity contribution in [1.29, 1.82) is 0 Å². The molecule has 0 aromatic carbocycles. The third-order valence-electron chi connectivity index (χ3n) is 23.0. The Labute approximate surface area is 798 Å². The monoisotopic (exact) mass is 1870 g/mol. The van der Waals surface area contributed by atoms with Crippen molar-refractivity contribution in [3.63, 3.8) is 0 Å². The van der Waals surface area contributed by atoms with Crippen LogP contribution in [0.2, 0.25) is 0 Å². The minimum Gasteiger partial charge on any atom is -0.499 e. The molecular formula is C103H172N12O18. The van der Waals surface area contributed by atoms with Gasteiger partial charge in [-0.25, -0.2) is 0 Å². The van der Waals surface area contributed by atoms with E-state index in [-0.39, 0.29) is 115 Å². The molecule has 6 aliphatic heterocycles. The average molecular weight is 1870 g/mol. The molecule has 0 fully saturated rings. The maximum Gasteiger partial charge on any atom is 0.250 e. The SMILES string of the molecule is C.C=C1C=C(OC)C(CCC)N1C(=O)C(CCC)NC(=O)CC.C=C1C=C(OC)[C@@H](CCC)N1C(=O)[C@@H](CCC)NC(=O)CC.C=C1C=C(OC)[C@@H](CCC)N1C(=O)[C@@H](CCC)NC(=O)CC.C=C1C=C(OC)[C@@H](CCC)N1C(=O)[C@H](CCC)NC(=O)CC.C=C1C=C(OC)[C@H](CCC)N1C(=O)[C@@H](CCC)NC(=O)CC.C=C1C=C(OC)[C@H](CCC)N1C(=O)[C@H](CCC)NC(=O)CC. The summed E-state index contributed by atoms with van der Waals surface area (Å²) in [6.07, 6.45) is 32.2. The van der Waals surface area contributed by atoms with Crippen LogP contribution in [0.3, 0.4) is 0 Å². The summed E-state index contributed by atoms with van der Waals surface area (Å²) in [4.78, 5) is 158. The van der Waals surface area contributed by atoms with Gasteiger partial charge in [-0.05, 0) is 77.0 Å². The van der Waals surface area contributed by atoms with Gasteiger partial charge in [0.15, 0.2) is 0 Å². The van der Waals surface area contributed by atoms with Crippen LogP contribution in [0, 0.1) is 0 Å². The van der Waals surface area contributed by atoms with Gasteiger partial charge in [0.05, 0.1) is 78.9 Å². The number of hydrogen-bond donors (Lipinski definition) is 6. The molecule has 0 aliphatic carbocycles. The normalized spacial score (nSPS) is 18.8. The molecule has 30 heteroatoms. The van der Waals surface area contributed by atoms with Crippen molar-refractivity contribution in [3.8, 4) is 0 Å². The molecule has 0 aromatic rings. The van der Waals surface area contributed by atoms with Crippen LogP contribution in [0.15, 0.2) is 145 Å². The second-order valence-corrected chi connectivity index (χ2v) is 33.1. The van der Waals surface area contributed by atoms with E-state index >= 15 is 0 Å². The summed E-state index contributed by atoms with van der Waals surface area (Å²) in [5, 5.41) is 17.0. The van der Waals surface area contributed by atoms with Crippen LogP contribution in [0.4, 0.5) is 0 Å². The topological polar surface area (TPSA) is 352 Å². The molecule has 0 saturated carbocycles. The number of carbonyl (C=O) groups is 12. The Morgan fingerprint density at radius 3 is 0.429 bits per heavy atom. The summed E-state index contributed by atoms with van der Waals surface area (Å²) in [5.74, 6) is 3.31. The van der Waals surface area contributed by atoms with Crippen molar-refractivity contribution in [2.75, 3.05) is 42.7 Å². The Balaban J connectivity index is 0.00000157.